The largest absolute Gasteiger partial charge is 0.383 e. The molecule has 0 aromatic carbocycles. The SMILES string of the molecule is COCCNc1cc(NCC2CCNC2)nc(C)n1. The molecule has 0 aliphatic carbocycles. The van der Waals surface area contributed by atoms with E-state index >= 15 is 0 Å². The molecular weight excluding hydrogens is 242 g/mol. The molecule has 1 unspecified atom stereocenters. The van der Waals surface area contributed by atoms with Crippen molar-refractivity contribution < 1.29 is 4.74 Å². The number of rotatable bonds is 7. The Balaban J connectivity index is 1.87. The Kier molecular flexibility index (Phi) is 5.35. The Morgan fingerprint density at radius 3 is 2.84 bits per heavy atom. The van der Waals surface area contributed by atoms with Gasteiger partial charge in [0, 0.05) is 26.3 Å². The Hall–Kier alpha value is -1.40. The normalized spacial score (nSPS) is 18.5. The summed E-state index contributed by atoms with van der Waals surface area (Å²) >= 11 is 0. The highest BCUT2D eigenvalue weighted by Gasteiger charge is 2.14. The van der Waals surface area contributed by atoms with E-state index in [1.54, 1.807) is 7.11 Å². The first kappa shape index (κ1) is 14.0. The lowest BCUT2D eigenvalue weighted by atomic mass is 10.1. The second-order valence-corrected chi connectivity index (χ2v) is 4.84. The molecule has 3 N–H and O–H groups in total. The van der Waals surface area contributed by atoms with Crippen LogP contribution in [0.15, 0.2) is 6.07 Å². The van der Waals surface area contributed by atoms with Crippen LogP contribution in [0.3, 0.4) is 0 Å². The van der Waals surface area contributed by atoms with Crippen LogP contribution in [-0.4, -0.2) is 49.9 Å². The molecule has 6 heteroatoms. The number of methoxy groups -OCH3 is 1. The van der Waals surface area contributed by atoms with Gasteiger partial charge in [0.2, 0.25) is 0 Å². The van der Waals surface area contributed by atoms with Crippen LogP contribution in [0.1, 0.15) is 12.2 Å². The summed E-state index contributed by atoms with van der Waals surface area (Å²) in [5.41, 5.74) is 0. The number of anilines is 2. The lowest BCUT2D eigenvalue weighted by Crippen LogP contribution is -2.18. The van der Waals surface area contributed by atoms with Crippen LogP contribution < -0.4 is 16.0 Å². The maximum absolute atomic E-state index is 5.01. The molecular formula is C13H23N5O. The Morgan fingerprint density at radius 2 is 2.16 bits per heavy atom. The Bertz CT molecular complexity index is 393. The van der Waals surface area contributed by atoms with Crippen molar-refractivity contribution in [3.63, 3.8) is 0 Å². The second-order valence-electron chi connectivity index (χ2n) is 4.84. The number of ether oxygens (including phenoxy) is 1. The van der Waals surface area contributed by atoms with Crippen LogP contribution >= 0.6 is 0 Å². The minimum absolute atomic E-state index is 0.666. The molecule has 0 spiro atoms. The van der Waals surface area contributed by atoms with Crippen molar-refractivity contribution in [2.45, 2.75) is 13.3 Å². The van der Waals surface area contributed by atoms with Crippen LogP contribution in [0.4, 0.5) is 11.6 Å². The van der Waals surface area contributed by atoms with Gasteiger partial charge in [-0.2, -0.15) is 0 Å². The van der Waals surface area contributed by atoms with Crippen LogP contribution in [0.2, 0.25) is 0 Å². The third kappa shape index (κ3) is 4.65. The second kappa shape index (κ2) is 7.25. The van der Waals surface area contributed by atoms with E-state index in [2.05, 4.69) is 25.9 Å². The van der Waals surface area contributed by atoms with Crippen molar-refractivity contribution in [1.82, 2.24) is 15.3 Å². The summed E-state index contributed by atoms with van der Waals surface area (Å²) in [6, 6.07) is 1.95. The van der Waals surface area contributed by atoms with Crippen molar-refractivity contribution in [3.05, 3.63) is 11.9 Å². The van der Waals surface area contributed by atoms with E-state index in [1.807, 2.05) is 13.0 Å². The lowest BCUT2D eigenvalue weighted by Gasteiger charge is -2.12. The van der Waals surface area contributed by atoms with E-state index < -0.39 is 0 Å². The van der Waals surface area contributed by atoms with E-state index in [4.69, 9.17) is 4.74 Å². The van der Waals surface area contributed by atoms with Crippen LogP contribution in [0, 0.1) is 12.8 Å². The van der Waals surface area contributed by atoms with E-state index in [1.165, 1.54) is 6.42 Å². The van der Waals surface area contributed by atoms with Gasteiger partial charge in [-0.1, -0.05) is 0 Å². The van der Waals surface area contributed by atoms with Crippen molar-refractivity contribution in [2.24, 2.45) is 5.92 Å². The molecule has 0 saturated carbocycles. The van der Waals surface area contributed by atoms with Gasteiger partial charge in [0.1, 0.15) is 17.5 Å². The van der Waals surface area contributed by atoms with Gasteiger partial charge in [-0.3, -0.25) is 0 Å². The summed E-state index contributed by atoms with van der Waals surface area (Å²) in [7, 11) is 1.69. The molecule has 106 valence electrons. The molecule has 0 amide bonds. The number of hydrogen-bond acceptors (Lipinski definition) is 6. The zero-order valence-corrected chi connectivity index (χ0v) is 11.7. The first-order valence-corrected chi connectivity index (χ1v) is 6.81. The molecule has 19 heavy (non-hydrogen) atoms. The molecule has 1 aromatic heterocycles. The predicted octanol–water partition coefficient (Wildman–Crippen LogP) is 0.865. The van der Waals surface area contributed by atoms with Gasteiger partial charge in [0.15, 0.2) is 0 Å². The highest BCUT2D eigenvalue weighted by atomic mass is 16.5. The minimum Gasteiger partial charge on any atom is -0.383 e. The summed E-state index contributed by atoms with van der Waals surface area (Å²) in [6.07, 6.45) is 1.23. The van der Waals surface area contributed by atoms with Gasteiger partial charge in [-0.05, 0) is 32.4 Å². The highest BCUT2D eigenvalue weighted by Crippen LogP contribution is 2.13. The van der Waals surface area contributed by atoms with E-state index in [-0.39, 0.29) is 0 Å². The first-order chi connectivity index (χ1) is 9.28. The van der Waals surface area contributed by atoms with Crippen molar-refractivity contribution >= 4 is 11.6 Å². The van der Waals surface area contributed by atoms with Gasteiger partial charge in [-0.25, -0.2) is 9.97 Å². The molecule has 0 radical (unpaired) electrons. The zero-order valence-electron chi connectivity index (χ0n) is 11.7. The van der Waals surface area contributed by atoms with Crippen molar-refractivity contribution in [2.75, 3.05) is 50.5 Å². The molecule has 1 saturated heterocycles. The average molecular weight is 265 g/mol. The lowest BCUT2D eigenvalue weighted by molar-refractivity contribution is 0.210. The summed E-state index contributed by atoms with van der Waals surface area (Å²) < 4.78 is 5.01. The highest BCUT2D eigenvalue weighted by molar-refractivity contribution is 5.47. The van der Waals surface area contributed by atoms with Crippen molar-refractivity contribution in [3.8, 4) is 0 Å². The molecule has 1 atom stereocenters. The molecule has 2 heterocycles. The molecule has 2 rings (SSSR count). The van der Waals surface area contributed by atoms with E-state index in [0.717, 1.165) is 43.6 Å². The molecule has 0 bridgehead atoms. The molecule has 6 nitrogen and oxygen atoms in total. The quantitative estimate of drug-likeness (QED) is 0.635. The fourth-order valence-electron chi connectivity index (χ4n) is 2.17. The topological polar surface area (TPSA) is 71.1 Å². The van der Waals surface area contributed by atoms with Crippen LogP contribution in [0.25, 0.3) is 0 Å². The molecule has 1 fully saturated rings. The maximum atomic E-state index is 5.01. The zero-order chi connectivity index (χ0) is 13.5. The number of nitrogens with one attached hydrogen (secondary N) is 3. The number of aryl methyl sites for hydroxylation is 1. The molecule has 1 aliphatic rings. The van der Waals surface area contributed by atoms with E-state index in [0.29, 0.717) is 12.5 Å². The Labute approximate surface area is 114 Å². The first-order valence-electron chi connectivity index (χ1n) is 6.81. The summed E-state index contributed by atoms with van der Waals surface area (Å²) in [4.78, 5) is 8.76. The monoisotopic (exact) mass is 265 g/mol. The number of hydrogen-bond donors (Lipinski definition) is 3. The molecule has 1 aromatic rings. The van der Waals surface area contributed by atoms with Gasteiger partial charge in [-0.15, -0.1) is 0 Å². The fourth-order valence-corrected chi connectivity index (χ4v) is 2.17. The van der Waals surface area contributed by atoms with Gasteiger partial charge >= 0.3 is 0 Å². The number of nitrogens with zero attached hydrogens (tertiary/aromatic N) is 2. The van der Waals surface area contributed by atoms with Gasteiger partial charge in [0.25, 0.3) is 0 Å². The number of aromatic nitrogens is 2. The minimum atomic E-state index is 0.666. The smallest absolute Gasteiger partial charge is 0.131 e. The van der Waals surface area contributed by atoms with Gasteiger partial charge < -0.3 is 20.7 Å². The predicted molar refractivity (Wildman–Crippen MR) is 76.6 cm³/mol. The van der Waals surface area contributed by atoms with Crippen LogP contribution in [0.5, 0.6) is 0 Å². The van der Waals surface area contributed by atoms with Gasteiger partial charge in [0.05, 0.1) is 6.61 Å². The Morgan fingerprint density at radius 1 is 1.37 bits per heavy atom. The third-order valence-corrected chi connectivity index (χ3v) is 3.18. The third-order valence-electron chi connectivity index (χ3n) is 3.18. The van der Waals surface area contributed by atoms with Crippen molar-refractivity contribution in [1.29, 1.82) is 0 Å². The standard InChI is InChI=1S/C13H23N5O/c1-10-17-12(15-5-6-19-2)7-13(18-10)16-9-11-3-4-14-8-11/h7,11,14H,3-6,8-9H2,1-2H3,(H2,15,16,17,18). The molecule has 1 aliphatic heterocycles. The average Bonchev–Trinajstić information content (AvgIpc) is 2.89. The fraction of sp³-hybridized carbons (Fsp3) is 0.692. The summed E-state index contributed by atoms with van der Waals surface area (Å²) in [5.74, 6) is 3.20. The van der Waals surface area contributed by atoms with E-state index in [9.17, 15) is 0 Å². The van der Waals surface area contributed by atoms with Crippen LogP contribution in [-0.2, 0) is 4.74 Å². The maximum Gasteiger partial charge on any atom is 0.131 e. The summed E-state index contributed by atoms with van der Waals surface area (Å²) in [5, 5.41) is 9.99. The summed E-state index contributed by atoms with van der Waals surface area (Å²) in [6.45, 7) is 6.50.